The van der Waals surface area contributed by atoms with Gasteiger partial charge in [-0.2, -0.15) is 0 Å². The smallest absolute Gasteiger partial charge is 0.0462 e. The van der Waals surface area contributed by atoms with E-state index in [0.29, 0.717) is 0 Å². The number of benzene rings is 8. The molecule has 1 aromatic heterocycles. The Bertz CT molecular complexity index is 2510. The molecule has 0 radical (unpaired) electrons. The number of hydrogen-bond donors (Lipinski definition) is 0. The number of fused-ring (bicyclic) bond motifs is 4. The summed E-state index contributed by atoms with van der Waals surface area (Å²) in [6.07, 6.45) is 0. The number of thiophene rings is 1. The fraction of sp³-hybridized carbons (Fsp3) is 0. The van der Waals surface area contributed by atoms with Crippen molar-refractivity contribution in [3.05, 3.63) is 188 Å². The number of nitrogens with zero attached hydrogens (tertiary/aromatic N) is 1. The molecule has 8 aromatic carbocycles. The summed E-state index contributed by atoms with van der Waals surface area (Å²) >= 11 is 1.87. The topological polar surface area (TPSA) is 3.24 Å². The van der Waals surface area contributed by atoms with E-state index >= 15 is 0 Å². The predicted molar refractivity (Wildman–Crippen MR) is 208 cm³/mol. The average Bonchev–Trinajstić information content (AvgIpc) is 3.53. The fourth-order valence-corrected chi connectivity index (χ4v) is 7.99. The van der Waals surface area contributed by atoms with Gasteiger partial charge in [0.25, 0.3) is 0 Å². The van der Waals surface area contributed by atoms with E-state index in [1.165, 1.54) is 64.3 Å². The Morgan fingerprint density at radius 2 is 0.833 bits per heavy atom. The molecule has 1 heterocycles. The number of para-hydroxylation sites is 1. The zero-order chi connectivity index (χ0) is 31.9. The molecule has 0 atom stereocenters. The van der Waals surface area contributed by atoms with Gasteiger partial charge in [-0.1, -0.05) is 133 Å². The monoisotopic (exact) mass is 629 g/mol. The third kappa shape index (κ3) is 5.13. The minimum Gasteiger partial charge on any atom is -0.311 e. The molecule has 0 spiro atoms. The lowest BCUT2D eigenvalue weighted by Crippen LogP contribution is -2.09. The first-order chi connectivity index (χ1) is 23.8. The van der Waals surface area contributed by atoms with Gasteiger partial charge in [0.1, 0.15) is 0 Å². The van der Waals surface area contributed by atoms with E-state index in [0.717, 1.165) is 17.1 Å². The van der Waals surface area contributed by atoms with Crippen LogP contribution < -0.4 is 4.90 Å². The first-order valence-corrected chi connectivity index (χ1v) is 17.2. The highest BCUT2D eigenvalue weighted by Gasteiger charge is 2.14. The van der Waals surface area contributed by atoms with Crippen LogP contribution in [0.3, 0.4) is 0 Å². The van der Waals surface area contributed by atoms with Crippen molar-refractivity contribution in [1.82, 2.24) is 0 Å². The lowest BCUT2D eigenvalue weighted by atomic mass is 9.96. The molecule has 2 heteroatoms. The van der Waals surface area contributed by atoms with Crippen LogP contribution in [0.5, 0.6) is 0 Å². The highest BCUT2D eigenvalue weighted by atomic mass is 32.1. The van der Waals surface area contributed by atoms with Crippen LogP contribution in [0.1, 0.15) is 0 Å². The van der Waals surface area contributed by atoms with Crippen LogP contribution in [0.25, 0.3) is 64.3 Å². The SMILES string of the molecule is c1ccc(-c2ccc(-c3ccc(N(c4ccccc4)c4ccc(-c5cccc6cc7sc8ccccc8c7cc56)cc4)cc3)cc2)cc1. The van der Waals surface area contributed by atoms with E-state index < -0.39 is 0 Å². The van der Waals surface area contributed by atoms with Crippen molar-refractivity contribution in [3.8, 4) is 33.4 Å². The summed E-state index contributed by atoms with van der Waals surface area (Å²) in [7, 11) is 0. The first-order valence-electron chi connectivity index (χ1n) is 16.3. The second-order valence-electron chi connectivity index (χ2n) is 12.2. The number of hydrogen-bond acceptors (Lipinski definition) is 2. The minimum absolute atomic E-state index is 1.12. The van der Waals surface area contributed by atoms with E-state index in [2.05, 4.69) is 193 Å². The lowest BCUT2D eigenvalue weighted by Gasteiger charge is -2.26. The molecule has 0 unspecified atom stereocenters. The summed E-state index contributed by atoms with van der Waals surface area (Å²) in [5, 5.41) is 5.22. The van der Waals surface area contributed by atoms with Gasteiger partial charge in [0.05, 0.1) is 0 Å². The van der Waals surface area contributed by atoms with E-state index in [1.54, 1.807) is 0 Å². The predicted octanol–water partition coefficient (Wildman–Crippen LogP) is 13.7. The summed E-state index contributed by atoms with van der Waals surface area (Å²) in [4.78, 5) is 2.33. The van der Waals surface area contributed by atoms with Crippen molar-refractivity contribution < 1.29 is 0 Å². The van der Waals surface area contributed by atoms with Gasteiger partial charge in [-0.25, -0.2) is 0 Å². The maximum Gasteiger partial charge on any atom is 0.0462 e. The molecule has 0 fully saturated rings. The van der Waals surface area contributed by atoms with Crippen molar-refractivity contribution in [3.63, 3.8) is 0 Å². The summed E-state index contributed by atoms with van der Waals surface area (Å²) in [5.74, 6) is 0. The molecule has 1 nitrogen and oxygen atoms in total. The first kappa shape index (κ1) is 28.3. The molecule has 0 aliphatic heterocycles. The Hall–Kier alpha value is -5.96. The summed E-state index contributed by atoms with van der Waals surface area (Å²) in [6.45, 7) is 0. The minimum atomic E-state index is 1.12. The van der Waals surface area contributed by atoms with Gasteiger partial charge >= 0.3 is 0 Å². The Balaban J connectivity index is 1.06. The molecule has 0 bridgehead atoms. The Labute approximate surface area is 284 Å². The molecule has 9 rings (SSSR count). The van der Waals surface area contributed by atoms with Gasteiger partial charge in [0, 0.05) is 37.2 Å². The normalized spacial score (nSPS) is 11.3. The van der Waals surface area contributed by atoms with Crippen LogP contribution in [0.4, 0.5) is 17.1 Å². The standard InChI is InChI=1S/C46H31NS/c1-3-10-32(11-4-1)33-18-20-34(21-19-33)35-22-26-39(27-23-35)47(38-13-5-2-6-14-38)40-28-24-36(25-29-40)41-16-9-12-37-30-46-44(31-43(37)41)42-15-7-8-17-45(42)48-46/h1-31H. The largest absolute Gasteiger partial charge is 0.311 e. The fourth-order valence-electron chi connectivity index (χ4n) is 6.85. The zero-order valence-corrected chi connectivity index (χ0v) is 27.1. The van der Waals surface area contributed by atoms with Gasteiger partial charge in [-0.3, -0.25) is 0 Å². The molecule has 9 aromatic rings. The van der Waals surface area contributed by atoms with Crippen molar-refractivity contribution >= 4 is 59.3 Å². The van der Waals surface area contributed by atoms with E-state index in [9.17, 15) is 0 Å². The second kappa shape index (κ2) is 12.0. The van der Waals surface area contributed by atoms with Crippen LogP contribution in [0.15, 0.2) is 188 Å². The van der Waals surface area contributed by atoms with Crippen LogP contribution in [0, 0.1) is 0 Å². The average molecular weight is 630 g/mol. The summed E-state index contributed by atoms with van der Waals surface area (Å²) in [5.41, 5.74) is 10.7. The maximum absolute atomic E-state index is 2.39. The Morgan fingerprint density at radius 1 is 0.312 bits per heavy atom. The van der Waals surface area contributed by atoms with Crippen molar-refractivity contribution in [2.75, 3.05) is 4.90 Å². The third-order valence-electron chi connectivity index (χ3n) is 9.28. The van der Waals surface area contributed by atoms with E-state index in [1.807, 2.05) is 11.3 Å². The zero-order valence-electron chi connectivity index (χ0n) is 26.3. The van der Waals surface area contributed by atoms with Crippen LogP contribution in [-0.4, -0.2) is 0 Å². The van der Waals surface area contributed by atoms with Gasteiger partial charge in [0.2, 0.25) is 0 Å². The third-order valence-corrected chi connectivity index (χ3v) is 10.4. The Kier molecular flexibility index (Phi) is 7.07. The summed E-state index contributed by atoms with van der Waals surface area (Å²) in [6, 6.07) is 68.0. The van der Waals surface area contributed by atoms with Crippen molar-refractivity contribution in [2.24, 2.45) is 0 Å². The molecule has 0 saturated heterocycles. The highest BCUT2D eigenvalue weighted by Crippen LogP contribution is 2.41. The highest BCUT2D eigenvalue weighted by molar-refractivity contribution is 7.25. The molecular formula is C46H31NS. The van der Waals surface area contributed by atoms with E-state index in [4.69, 9.17) is 0 Å². The number of rotatable bonds is 6. The second-order valence-corrected chi connectivity index (χ2v) is 13.3. The molecule has 0 aliphatic rings. The molecule has 0 aliphatic carbocycles. The van der Waals surface area contributed by atoms with Crippen molar-refractivity contribution in [2.45, 2.75) is 0 Å². The summed E-state index contributed by atoms with van der Waals surface area (Å²) < 4.78 is 2.67. The van der Waals surface area contributed by atoms with E-state index in [-0.39, 0.29) is 0 Å². The van der Waals surface area contributed by atoms with Crippen LogP contribution in [-0.2, 0) is 0 Å². The van der Waals surface area contributed by atoms with Gasteiger partial charge < -0.3 is 4.90 Å². The molecular weight excluding hydrogens is 599 g/mol. The van der Waals surface area contributed by atoms with Crippen molar-refractivity contribution in [1.29, 1.82) is 0 Å². The van der Waals surface area contributed by atoms with Gasteiger partial charge in [0.15, 0.2) is 0 Å². The quantitative estimate of drug-likeness (QED) is 0.177. The maximum atomic E-state index is 2.39. The number of anilines is 3. The van der Waals surface area contributed by atoms with Gasteiger partial charge in [-0.05, 0) is 98.8 Å². The molecule has 226 valence electrons. The molecule has 0 saturated carbocycles. The van der Waals surface area contributed by atoms with Crippen LogP contribution >= 0.6 is 11.3 Å². The van der Waals surface area contributed by atoms with Crippen LogP contribution in [0.2, 0.25) is 0 Å². The molecule has 48 heavy (non-hydrogen) atoms. The lowest BCUT2D eigenvalue weighted by molar-refractivity contribution is 1.28. The Morgan fingerprint density at radius 3 is 1.50 bits per heavy atom. The molecule has 0 amide bonds. The van der Waals surface area contributed by atoms with Gasteiger partial charge in [-0.15, -0.1) is 11.3 Å². The molecule has 0 N–H and O–H groups in total.